The Kier molecular flexibility index (Phi) is 12.0. The van der Waals surface area contributed by atoms with E-state index in [1.165, 1.54) is 31.1 Å². The number of ether oxygens (including phenoxy) is 2. The number of aromatic amines is 3. The van der Waals surface area contributed by atoms with E-state index in [9.17, 15) is 14.4 Å². The first-order chi connectivity index (χ1) is 26.7. The van der Waals surface area contributed by atoms with E-state index in [2.05, 4.69) is 87.5 Å². The van der Waals surface area contributed by atoms with Gasteiger partial charge in [0.25, 0.3) is 0 Å². The number of carbonyl (C=O) groups is 3. The summed E-state index contributed by atoms with van der Waals surface area (Å²) in [5.41, 5.74) is 18.6. The molecule has 1 aliphatic carbocycles. The van der Waals surface area contributed by atoms with Gasteiger partial charge in [-0.05, 0) is 106 Å². The van der Waals surface area contributed by atoms with E-state index in [0.717, 1.165) is 75.0 Å². The van der Waals surface area contributed by atoms with Gasteiger partial charge in [-0.25, -0.2) is 0 Å². The van der Waals surface area contributed by atoms with E-state index in [-0.39, 0.29) is 30.6 Å². The van der Waals surface area contributed by atoms with Crippen molar-refractivity contribution in [2.75, 3.05) is 13.7 Å². The highest BCUT2D eigenvalue weighted by Gasteiger charge is 2.49. The molecule has 2 aliphatic heterocycles. The van der Waals surface area contributed by atoms with Crippen molar-refractivity contribution >= 4 is 47.6 Å². The van der Waals surface area contributed by atoms with Crippen molar-refractivity contribution in [2.45, 2.75) is 100.0 Å². The average Bonchev–Trinajstić information content (AvgIpc) is 3.92. The number of fused-ring (bicyclic) bond motifs is 7. The van der Waals surface area contributed by atoms with Gasteiger partial charge in [0.15, 0.2) is 5.78 Å². The van der Waals surface area contributed by atoms with Crippen molar-refractivity contribution in [1.29, 1.82) is 0 Å². The number of nitrogens with two attached hydrogens (primary N) is 1. The minimum Gasteiger partial charge on any atom is -0.468 e. The number of Topliss-reactive ketones (excluding diaryl/α,β-unsaturated/α-hetero) is 1. The van der Waals surface area contributed by atoms with Gasteiger partial charge in [0.05, 0.1) is 12.8 Å². The molecule has 298 valence electrons. The van der Waals surface area contributed by atoms with E-state index in [4.69, 9.17) is 15.2 Å². The van der Waals surface area contributed by atoms with Crippen LogP contribution in [-0.2, 0) is 25.5 Å². The maximum atomic E-state index is 14.4. The van der Waals surface area contributed by atoms with E-state index >= 15 is 0 Å². The third kappa shape index (κ3) is 7.43. The smallest absolute Gasteiger partial charge is 0.323 e. The van der Waals surface area contributed by atoms with Crippen LogP contribution in [0.5, 0.6) is 0 Å². The van der Waals surface area contributed by atoms with E-state index in [1.54, 1.807) is 0 Å². The number of esters is 2. The molecule has 1 saturated heterocycles. The Labute approximate surface area is 330 Å². The topological polar surface area (TPSA) is 155 Å². The second-order valence-corrected chi connectivity index (χ2v) is 16.0. The lowest BCUT2D eigenvalue weighted by Gasteiger charge is -2.22. The summed E-state index contributed by atoms with van der Waals surface area (Å²) in [6.07, 6.45) is 15.5. The lowest BCUT2D eigenvalue weighted by Crippen LogP contribution is -2.36. The van der Waals surface area contributed by atoms with E-state index in [0.29, 0.717) is 28.4 Å². The Morgan fingerprint density at radius 2 is 1.71 bits per heavy atom. The quantitative estimate of drug-likeness (QED) is 0.0730. The van der Waals surface area contributed by atoms with Gasteiger partial charge in [0.1, 0.15) is 18.6 Å². The summed E-state index contributed by atoms with van der Waals surface area (Å²) < 4.78 is 11.0. The molecular formula is C46H59N5O5. The van der Waals surface area contributed by atoms with E-state index in [1.807, 2.05) is 25.2 Å². The number of methoxy groups -OCH3 is 1. The molecular weight excluding hydrogens is 703 g/mol. The Balaban J connectivity index is 1.47. The van der Waals surface area contributed by atoms with Crippen LogP contribution in [-0.4, -0.2) is 52.4 Å². The van der Waals surface area contributed by atoms with Crippen LogP contribution in [0.2, 0.25) is 0 Å². The van der Waals surface area contributed by atoms with Gasteiger partial charge in [-0.1, -0.05) is 58.8 Å². The molecule has 8 bridgehead atoms. The summed E-state index contributed by atoms with van der Waals surface area (Å²) in [5.74, 6) is -2.50. The third-order valence-corrected chi connectivity index (χ3v) is 12.5. The van der Waals surface area contributed by atoms with Crippen LogP contribution < -0.4 is 21.7 Å². The molecule has 0 spiro atoms. The van der Waals surface area contributed by atoms with Gasteiger partial charge >= 0.3 is 11.9 Å². The summed E-state index contributed by atoms with van der Waals surface area (Å²) in [5, 5.41) is 5.57. The normalized spacial score (nSPS) is 23.3. The molecule has 5 heterocycles. The molecule has 3 aliphatic rings. The molecule has 0 radical (unpaired) electrons. The van der Waals surface area contributed by atoms with Crippen LogP contribution in [0, 0.1) is 44.4 Å². The summed E-state index contributed by atoms with van der Waals surface area (Å²) >= 11 is 0. The highest BCUT2D eigenvalue weighted by molar-refractivity contribution is 6.24. The van der Waals surface area contributed by atoms with Crippen molar-refractivity contribution in [3.8, 4) is 0 Å². The fourth-order valence-corrected chi connectivity index (χ4v) is 8.70. The number of hydrogen-bond donors (Lipinski definition) is 5. The lowest BCUT2D eigenvalue weighted by molar-refractivity contribution is -0.144. The largest absolute Gasteiger partial charge is 0.468 e. The number of ketones is 1. The Morgan fingerprint density at radius 1 is 1.00 bits per heavy atom. The number of hydrogen-bond acceptors (Lipinski definition) is 7. The van der Waals surface area contributed by atoms with Crippen molar-refractivity contribution in [2.24, 2.45) is 29.4 Å². The molecule has 5 atom stereocenters. The van der Waals surface area contributed by atoms with Crippen LogP contribution in [0.4, 0.5) is 0 Å². The molecule has 10 heteroatoms. The molecule has 10 nitrogen and oxygen atoms in total. The predicted molar refractivity (Wildman–Crippen MR) is 224 cm³/mol. The van der Waals surface area contributed by atoms with Crippen molar-refractivity contribution in [1.82, 2.24) is 20.3 Å². The maximum Gasteiger partial charge on any atom is 0.323 e. The Hall–Kier alpha value is -5.09. The van der Waals surface area contributed by atoms with Crippen molar-refractivity contribution < 1.29 is 23.9 Å². The monoisotopic (exact) mass is 761 g/mol. The Bertz CT molecular complexity index is 2290. The molecule has 0 amide bonds. The van der Waals surface area contributed by atoms with Gasteiger partial charge in [0.2, 0.25) is 0 Å². The Morgan fingerprint density at radius 3 is 2.39 bits per heavy atom. The van der Waals surface area contributed by atoms with Crippen LogP contribution in [0.15, 0.2) is 29.6 Å². The number of allylic oxidation sites excluding steroid dienone is 3. The number of rotatable bonds is 13. The minimum atomic E-state index is -1.19. The van der Waals surface area contributed by atoms with Gasteiger partial charge in [0, 0.05) is 67.7 Å². The standard InChI is InChI=1S/C46H59N5O5/c1-11-23(4)15-14-16-24(5)17-18-56-45(53)32(47)19-31-27(8)35-20-33-25(6)29(12-2)37(48-33)21-34-26(7)30(13-3)38(49-34)22-36-28(9)39-43(51-36)40(42(31)50-35)41(44(39)52)46(54)55-10/h12,17,20-23,27,31-32,41,48-51H,2,11,13-16,18-19,47H2,1,3-10H3/b24-17+,34-21-,35-20-,38-22-,42-40-/t23-,27+,31+,32+,41-/m1/s1. The minimum absolute atomic E-state index is 0.154. The van der Waals surface area contributed by atoms with Gasteiger partial charge in [-0.2, -0.15) is 0 Å². The van der Waals surface area contributed by atoms with Crippen LogP contribution in [0.1, 0.15) is 128 Å². The number of nitrogens with one attached hydrogen (secondary N) is 4. The van der Waals surface area contributed by atoms with Gasteiger partial charge < -0.3 is 35.5 Å². The zero-order valence-corrected chi connectivity index (χ0v) is 34.5. The second-order valence-electron chi connectivity index (χ2n) is 16.0. The van der Waals surface area contributed by atoms with Crippen LogP contribution in [0.25, 0.3) is 29.9 Å². The molecule has 3 aromatic heterocycles. The molecule has 0 aromatic carbocycles. The lowest BCUT2D eigenvalue weighted by atomic mass is 9.84. The average molecular weight is 762 g/mol. The summed E-state index contributed by atoms with van der Waals surface area (Å²) in [4.78, 5) is 52.2. The number of aromatic nitrogens is 3. The molecule has 3 aromatic rings. The SMILES string of the molecule is C=Cc1c2[nH]c(c1C)/C=C1\N/C(=C3\c4[nH]c(c(C)c4C(=O)[C@@H]3C(=O)OC)/C=c3\[nH]/c(c(C)c3CC)=C\2)[C@@H](C[C@H](N)C(=O)OC/C=C(\C)CCC[C@H](C)CC)[C@@H]1C. The highest BCUT2D eigenvalue weighted by atomic mass is 16.5. The predicted octanol–water partition coefficient (Wildman–Crippen LogP) is 6.79. The summed E-state index contributed by atoms with van der Waals surface area (Å²) in [7, 11) is 1.30. The van der Waals surface area contributed by atoms with Crippen LogP contribution >= 0.6 is 0 Å². The fraction of sp³-hybridized carbons (Fsp3) is 0.457. The molecule has 56 heavy (non-hydrogen) atoms. The number of H-pyrrole nitrogens is 3. The first kappa shape index (κ1) is 40.6. The molecule has 0 unspecified atom stereocenters. The third-order valence-electron chi connectivity index (χ3n) is 12.5. The van der Waals surface area contributed by atoms with Crippen molar-refractivity contribution in [3.05, 3.63) is 96.5 Å². The van der Waals surface area contributed by atoms with Crippen LogP contribution in [0.3, 0.4) is 0 Å². The first-order valence-corrected chi connectivity index (χ1v) is 20.2. The number of carbonyl (C=O) groups excluding carboxylic acids is 3. The van der Waals surface area contributed by atoms with Crippen molar-refractivity contribution in [3.63, 3.8) is 0 Å². The van der Waals surface area contributed by atoms with Gasteiger partial charge in [-0.3, -0.25) is 14.4 Å². The zero-order valence-electron chi connectivity index (χ0n) is 34.5. The summed E-state index contributed by atoms with van der Waals surface area (Å²) in [6.45, 7) is 21.1. The second kappa shape index (κ2) is 16.6. The first-order valence-electron chi connectivity index (χ1n) is 20.2. The molecule has 6 rings (SSSR count). The fourth-order valence-electron chi connectivity index (χ4n) is 8.70. The highest BCUT2D eigenvalue weighted by Crippen LogP contribution is 2.48. The molecule has 0 saturated carbocycles. The summed E-state index contributed by atoms with van der Waals surface area (Å²) in [6, 6.07) is -0.951. The zero-order chi connectivity index (χ0) is 40.6. The molecule has 6 N–H and O–H groups in total. The molecule has 1 fully saturated rings. The van der Waals surface area contributed by atoms with E-state index < -0.39 is 23.9 Å². The maximum absolute atomic E-state index is 14.4. The van der Waals surface area contributed by atoms with Gasteiger partial charge in [-0.15, -0.1) is 0 Å².